The molecule has 10 heteroatoms. The molecule has 4 rings (SSSR count). The predicted octanol–water partition coefficient (Wildman–Crippen LogP) is 4.58. The Hall–Kier alpha value is -2.10. The molecular weight excluding hydrogens is 467 g/mol. The van der Waals surface area contributed by atoms with E-state index in [0.717, 1.165) is 18.9 Å². The molecular formula is C22H21ClF3NO4S. The molecule has 5 nitrogen and oxygen atoms in total. The van der Waals surface area contributed by atoms with Crippen LogP contribution in [0.1, 0.15) is 36.0 Å². The largest absolute Gasteiger partial charge is 0.396 e. The maximum atomic E-state index is 13.4. The van der Waals surface area contributed by atoms with Crippen molar-refractivity contribution in [3.63, 3.8) is 0 Å². The van der Waals surface area contributed by atoms with Crippen LogP contribution < -0.4 is 5.32 Å². The van der Waals surface area contributed by atoms with Crippen LogP contribution in [0.15, 0.2) is 35.2 Å². The van der Waals surface area contributed by atoms with Crippen molar-refractivity contribution >= 4 is 33.0 Å². The molecule has 0 aromatic heterocycles. The fourth-order valence-electron chi connectivity index (χ4n) is 5.02. The van der Waals surface area contributed by atoms with E-state index in [0.29, 0.717) is 25.0 Å². The third-order valence-corrected chi connectivity index (χ3v) is 9.30. The zero-order chi connectivity index (χ0) is 23.2. The summed E-state index contributed by atoms with van der Waals surface area (Å²) < 4.78 is 66.7. The molecule has 32 heavy (non-hydrogen) atoms. The number of nitrogens with one attached hydrogen (secondary N) is 1. The molecule has 2 atom stereocenters. The van der Waals surface area contributed by atoms with Crippen LogP contribution >= 0.6 is 11.6 Å². The Morgan fingerprint density at radius 1 is 1.06 bits per heavy atom. The van der Waals surface area contributed by atoms with Gasteiger partial charge in [0.05, 0.1) is 15.2 Å². The van der Waals surface area contributed by atoms with Gasteiger partial charge >= 0.3 is 0 Å². The summed E-state index contributed by atoms with van der Waals surface area (Å²) in [5.74, 6) is -5.04. The molecule has 0 heterocycles. The van der Waals surface area contributed by atoms with E-state index in [4.69, 9.17) is 11.6 Å². The first-order chi connectivity index (χ1) is 15.1. The zero-order valence-electron chi connectivity index (χ0n) is 16.8. The molecule has 2 aromatic carbocycles. The number of benzene rings is 2. The minimum atomic E-state index is -3.86. The molecule has 2 unspecified atom stereocenters. The minimum absolute atomic E-state index is 0.0305. The van der Waals surface area contributed by atoms with Gasteiger partial charge in [0, 0.05) is 30.0 Å². The summed E-state index contributed by atoms with van der Waals surface area (Å²) in [6.45, 7) is 0.0447. The number of rotatable bonds is 5. The lowest BCUT2D eigenvalue weighted by molar-refractivity contribution is 0.102. The third kappa shape index (κ3) is 4.13. The van der Waals surface area contributed by atoms with Crippen molar-refractivity contribution in [2.75, 3.05) is 11.9 Å². The van der Waals surface area contributed by atoms with E-state index in [-0.39, 0.29) is 45.5 Å². The lowest BCUT2D eigenvalue weighted by Gasteiger charge is -2.34. The second kappa shape index (κ2) is 8.68. The highest BCUT2D eigenvalue weighted by atomic mass is 35.5. The van der Waals surface area contributed by atoms with Crippen molar-refractivity contribution in [1.29, 1.82) is 0 Å². The number of hydrogen-bond acceptors (Lipinski definition) is 4. The summed E-state index contributed by atoms with van der Waals surface area (Å²) in [6.07, 6.45) is 2.60. The first kappa shape index (κ1) is 23.1. The van der Waals surface area contributed by atoms with E-state index >= 15 is 0 Å². The van der Waals surface area contributed by atoms with Gasteiger partial charge in [-0.2, -0.15) is 0 Å². The predicted molar refractivity (Wildman–Crippen MR) is 113 cm³/mol. The Kier molecular flexibility index (Phi) is 6.26. The van der Waals surface area contributed by atoms with Gasteiger partial charge in [0.2, 0.25) is 0 Å². The van der Waals surface area contributed by atoms with Gasteiger partial charge in [0.1, 0.15) is 0 Å². The van der Waals surface area contributed by atoms with Crippen LogP contribution in [0.2, 0.25) is 5.02 Å². The number of carbonyl (C=O) groups is 1. The molecule has 0 radical (unpaired) electrons. The van der Waals surface area contributed by atoms with Crippen LogP contribution in [-0.2, 0) is 9.84 Å². The molecule has 2 saturated carbocycles. The highest BCUT2D eigenvalue weighted by Gasteiger charge is 2.46. The smallest absolute Gasteiger partial charge is 0.255 e. The number of aliphatic hydroxyl groups excluding tert-OH is 1. The van der Waals surface area contributed by atoms with Crippen LogP contribution in [0, 0.1) is 35.2 Å². The standard InChI is InChI=1S/C22H21ClF3NO4S/c23-17-4-3-13(22(29)27-14-8-18(24)21(26)19(25)9-14)7-20(17)32(30,31)15-5-11-1-2-12(6-15)16(11)10-28/h3-4,7-9,11-12,15-16,28H,1-2,5-6,10H2,(H,27,29)/t11?,12?,15-,16-. The topological polar surface area (TPSA) is 83.5 Å². The number of halogens is 4. The minimum Gasteiger partial charge on any atom is -0.396 e. The van der Waals surface area contributed by atoms with Crippen molar-refractivity contribution in [2.24, 2.45) is 17.8 Å². The fraction of sp³-hybridized carbons (Fsp3) is 0.409. The summed E-state index contributed by atoms with van der Waals surface area (Å²) >= 11 is 6.18. The quantitative estimate of drug-likeness (QED) is 0.605. The molecule has 0 saturated heterocycles. The molecule has 2 aromatic rings. The molecule has 2 aliphatic rings. The van der Waals surface area contributed by atoms with E-state index in [9.17, 15) is 31.5 Å². The molecule has 1 amide bonds. The number of hydrogen-bond donors (Lipinski definition) is 2. The highest BCUT2D eigenvalue weighted by Crippen LogP contribution is 2.49. The maximum absolute atomic E-state index is 13.4. The van der Waals surface area contributed by atoms with E-state index < -0.39 is 38.4 Å². The monoisotopic (exact) mass is 487 g/mol. The first-order valence-corrected chi connectivity index (χ1v) is 12.1. The Morgan fingerprint density at radius 2 is 1.66 bits per heavy atom. The summed E-state index contributed by atoms with van der Waals surface area (Å²) in [5, 5.41) is 11.1. The van der Waals surface area contributed by atoms with Crippen LogP contribution in [0.3, 0.4) is 0 Å². The second-order valence-corrected chi connectivity index (χ2v) is 11.0. The molecule has 0 spiro atoms. The number of amides is 1. The van der Waals surface area contributed by atoms with Gasteiger partial charge in [-0.15, -0.1) is 0 Å². The average molecular weight is 488 g/mol. The number of fused-ring (bicyclic) bond motifs is 2. The first-order valence-electron chi connectivity index (χ1n) is 10.2. The van der Waals surface area contributed by atoms with Gasteiger partial charge in [-0.05, 0) is 61.6 Å². The van der Waals surface area contributed by atoms with Crippen molar-refractivity contribution in [3.05, 3.63) is 58.4 Å². The Bertz CT molecular complexity index is 1140. The lowest BCUT2D eigenvalue weighted by Crippen LogP contribution is -2.36. The second-order valence-electron chi connectivity index (χ2n) is 8.44. The molecule has 2 aliphatic carbocycles. The molecule has 172 valence electrons. The van der Waals surface area contributed by atoms with E-state index in [1.807, 2.05) is 0 Å². The van der Waals surface area contributed by atoms with Crippen LogP contribution in [0.25, 0.3) is 0 Å². The Morgan fingerprint density at radius 3 is 2.22 bits per heavy atom. The molecule has 2 N–H and O–H groups in total. The third-order valence-electron chi connectivity index (χ3n) is 6.64. The zero-order valence-corrected chi connectivity index (χ0v) is 18.4. The van der Waals surface area contributed by atoms with Crippen molar-refractivity contribution in [2.45, 2.75) is 35.8 Å². The molecule has 0 aliphatic heterocycles. The van der Waals surface area contributed by atoms with E-state index in [1.54, 1.807) is 0 Å². The van der Waals surface area contributed by atoms with Crippen molar-refractivity contribution in [1.82, 2.24) is 0 Å². The summed E-state index contributed by atoms with van der Waals surface area (Å²) in [4.78, 5) is 12.4. The van der Waals surface area contributed by atoms with Crippen LogP contribution in [0.5, 0.6) is 0 Å². The fourth-order valence-corrected chi connectivity index (χ4v) is 7.45. The average Bonchev–Trinajstić information content (AvgIpc) is 2.99. The normalized spacial score (nSPS) is 25.0. The Balaban J connectivity index is 1.59. The van der Waals surface area contributed by atoms with Gasteiger partial charge in [-0.25, -0.2) is 21.6 Å². The van der Waals surface area contributed by atoms with E-state index in [2.05, 4.69) is 5.32 Å². The van der Waals surface area contributed by atoms with Crippen LogP contribution in [0.4, 0.5) is 18.9 Å². The summed E-state index contributed by atoms with van der Waals surface area (Å²) in [6, 6.07) is 4.96. The van der Waals surface area contributed by atoms with Gasteiger partial charge < -0.3 is 10.4 Å². The van der Waals surface area contributed by atoms with Crippen molar-refractivity contribution < 1.29 is 31.5 Å². The Labute approximate surface area is 188 Å². The summed E-state index contributed by atoms with van der Waals surface area (Å²) in [5.41, 5.74) is -0.394. The van der Waals surface area contributed by atoms with Gasteiger partial charge in [0.15, 0.2) is 27.3 Å². The number of aliphatic hydroxyl groups is 1. The van der Waals surface area contributed by atoms with Gasteiger partial charge in [0.25, 0.3) is 5.91 Å². The number of carbonyl (C=O) groups excluding carboxylic acids is 1. The molecule has 2 fully saturated rings. The number of sulfone groups is 1. The van der Waals surface area contributed by atoms with E-state index in [1.165, 1.54) is 12.1 Å². The SMILES string of the molecule is O=C(Nc1cc(F)c(F)c(F)c1)c1ccc(Cl)c(S(=O)(=O)[C@H]2CC3CCC(C2)[C@H]3CO)c1. The highest BCUT2D eigenvalue weighted by molar-refractivity contribution is 7.92. The molecule has 2 bridgehead atoms. The number of anilines is 1. The maximum Gasteiger partial charge on any atom is 0.255 e. The van der Waals surface area contributed by atoms with Gasteiger partial charge in [-0.3, -0.25) is 4.79 Å². The van der Waals surface area contributed by atoms with Crippen LogP contribution in [-0.4, -0.2) is 31.3 Å². The van der Waals surface area contributed by atoms with Crippen molar-refractivity contribution in [3.8, 4) is 0 Å². The van der Waals surface area contributed by atoms with Gasteiger partial charge in [-0.1, -0.05) is 11.6 Å². The lowest BCUT2D eigenvalue weighted by atomic mass is 9.79. The summed E-state index contributed by atoms with van der Waals surface area (Å²) in [7, 11) is -3.86.